The Balaban J connectivity index is 2.22. The van der Waals surface area contributed by atoms with Crippen LogP contribution in [0.2, 0.25) is 0 Å². The molecule has 1 aromatic carbocycles. The fourth-order valence-corrected chi connectivity index (χ4v) is 2.64. The highest BCUT2D eigenvalue weighted by Crippen LogP contribution is 2.28. The Kier molecular flexibility index (Phi) is 4.53. The van der Waals surface area contributed by atoms with Crippen molar-refractivity contribution in [2.45, 2.75) is 46.1 Å². The third-order valence-corrected chi connectivity index (χ3v) is 3.77. The second kappa shape index (κ2) is 6.16. The fourth-order valence-electron chi connectivity index (χ4n) is 2.64. The first-order valence-electron chi connectivity index (χ1n) is 7.34. The second-order valence-electron chi connectivity index (χ2n) is 5.87. The summed E-state index contributed by atoms with van der Waals surface area (Å²) in [6, 6.07) is 6.30. The molecule has 2 N–H and O–H groups in total. The van der Waals surface area contributed by atoms with Crippen LogP contribution in [-0.4, -0.2) is 16.7 Å². The van der Waals surface area contributed by atoms with E-state index >= 15 is 0 Å². The molecule has 0 aliphatic heterocycles. The molecule has 0 aliphatic carbocycles. The molecule has 2 rings (SSSR count). The maximum Gasteiger partial charge on any atom is 0.201 e. The van der Waals surface area contributed by atoms with E-state index in [1.54, 1.807) is 7.11 Å². The number of fused-ring (bicyclic) bond motifs is 1. The number of imidazole rings is 1. The van der Waals surface area contributed by atoms with Crippen molar-refractivity contribution in [1.82, 2.24) is 9.55 Å². The van der Waals surface area contributed by atoms with Gasteiger partial charge in [-0.05, 0) is 31.4 Å². The molecule has 0 saturated heterocycles. The molecule has 0 radical (unpaired) electrons. The Morgan fingerprint density at radius 1 is 1.25 bits per heavy atom. The van der Waals surface area contributed by atoms with Gasteiger partial charge in [-0.25, -0.2) is 4.98 Å². The highest BCUT2D eigenvalue weighted by atomic mass is 16.5. The molecule has 0 fully saturated rings. The van der Waals surface area contributed by atoms with Crippen molar-refractivity contribution in [2.24, 2.45) is 5.92 Å². The van der Waals surface area contributed by atoms with E-state index in [9.17, 15) is 0 Å². The number of methoxy groups -OCH3 is 1. The van der Waals surface area contributed by atoms with E-state index in [1.165, 1.54) is 12.8 Å². The first-order valence-corrected chi connectivity index (χ1v) is 7.34. The standard InChI is InChI=1S/C16H25N3O/c1-11(2)6-5-7-12(3)19-15-9-8-13(20-4)10-14(15)18-16(19)17/h8-12H,5-7H2,1-4H3,(H2,17,18). The highest BCUT2D eigenvalue weighted by Gasteiger charge is 2.14. The van der Waals surface area contributed by atoms with E-state index in [2.05, 4.69) is 30.3 Å². The van der Waals surface area contributed by atoms with Crippen LogP contribution < -0.4 is 10.5 Å². The normalized spacial score (nSPS) is 13.1. The van der Waals surface area contributed by atoms with Gasteiger partial charge < -0.3 is 15.0 Å². The summed E-state index contributed by atoms with van der Waals surface area (Å²) in [6.45, 7) is 6.73. The van der Waals surface area contributed by atoms with Gasteiger partial charge in [-0.2, -0.15) is 0 Å². The summed E-state index contributed by atoms with van der Waals surface area (Å²) < 4.78 is 7.37. The Labute approximate surface area is 120 Å². The second-order valence-corrected chi connectivity index (χ2v) is 5.87. The van der Waals surface area contributed by atoms with Gasteiger partial charge in [-0.3, -0.25) is 0 Å². The summed E-state index contributed by atoms with van der Waals surface area (Å²) >= 11 is 0. The molecule has 4 nitrogen and oxygen atoms in total. The summed E-state index contributed by atoms with van der Waals surface area (Å²) in [5.41, 5.74) is 8.07. The largest absolute Gasteiger partial charge is 0.497 e. The average molecular weight is 275 g/mol. The molecular weight excluding hydrogens is 250 g/mol. The van der Waals surface area contributed by atoms with E-state index < -0.39 is 0 Å². The Morgan fingerprint density at radius 3 is 2.65 bits per heavy atom. The quantitative estimate of drug-likeness (QED) is 0.866. The molecule has 0 amide bonds. The van der Waals surface area contributed by atoms with Gasteiger partial charge in [-0.1, -0.05) is 26.7 Å². The SMILES string of the molecule is COc1ccc2c(c1)nc(N)n2C(C)CCCC(C)C. The number of hydrogen-bond donors (Lipinski definition) is 1. The van der Waals surface area contributed by atoms with Crippen LogP contribution in [0, 0.1) is 5.92 Å². The number of benzene rings is 1. The molecule has 1 atom stereocenters. The minimum absolute atomic E-state index is 0.368. The van der Waals surface area contributed by atoms with Crippen molar-refractivity contribution in [3.05, 3.63) is 18.2 Å². The summed E-state index contributed by atoms with van der Waals surface area (Å²) in [7, 11) is 1.66. The van der Waals surface area contributed by atoms with Gasteiger partial charge in [0.2, 0.25) is 5.95 Å². The predicted octanol–water partition coefficient (Wildman–Crippen LogP) is 4.01. The minimum atomic E-state index is 0.368. The van der Waals surface area contributed by atoms with E-state index in [4.69, 9.17) is 10.5 Å². The van der Waals surface area contributed by atoms with Gasteiger partial charge in [-0.15, -0.1) is 0 Å². The van der Waals surface area contributed by atoms with Crippen LogP contribution in [-0.2, 0) is 0 Å². The maximum atomic E-state index is 6.09. The van der Waals surface area contributed by atoms with Crippen molar-refractivity contribution in [3.8, 4) is 5.75 Å². The molecule has 2 aromatic rings. The molecular formula is C16H25N3O. The van der Waals surface area contributed by atoms with E-state index in [1.807, 2.05) is 18.2 Å². The Bertz CT molecular complexity index is 574. The topological polar surface area (TPSA) is 53.1 Å². The van der Waals surface area contributed by atoms with Crippen LogP contribution in [0.25, 0.3) is 11.0 Å². The third kappa shape index (κ3) is 3.06. The van der Waals surface area contributed by atoms with Crippen LogP contribution in [0.4, 0.5) is 5.95 Å². The van der Waals surface area contributed by atoms with Crippen LogP contribution >= 0.6 is 0 Å². The van der Waals surface area contributed by atoms with Crippen LogP contribution in [0.15, 0.2) is 18.2 Å². The molecule has 4 heteroatoms. The van der Waals surface area contributed by atoms with Crippen LogP contribution in [0.5, 0.6) is 5.75 Å². The summed E-state index contributed by atoms with van der Waals surface area (Å²) in [6.07, 6.45) is 3.60. The van der Waals surface area contributed by atoms with Gasteiger partial charge in [0, 0.05) is 12.1 Å². The van der Waals surface area contributed by atoms with Gasteiger partial charge in [0.1, 0.15) is 5.75 Å². The summed E-state index contributed by atoms with van der Waals surface area (Å²) in [5, 5.41) is 0. The molecule has 1 heterocycles. The summed E-state index contributed by atoms with van der Waals surface area (Å²) in [4.78, 5) is 4.45. The number of anilines is 1. The smallest absolute Gasteiger partial charge is 0.201 e. The maximum absolute atomic E-state index is 6.09. The molecule has 0 bridgehead atoms. The van der Waals surface area contributed by atoms with Gasteiger partial charge >= 0.3 is 0 Å². The molecule has 0 spiro atoms. The van der Waals surface area contributed by atoms with Crippen molar-refractivity contribution in [2.75, 3.05) is 12.8 Å². The lowest BCUT2D eigenvalue weighted by Gasteiger charge is -2.16. The number of nitrogens with zero attached hydrogens (tertiary/aromatic N) is 2. The Morgan fingerprint density at radius 2 is 2.00 bits per heavy atom. The first kappa shape index (κ1) is 14.7. The molecule has 110 valence electrons. The average Bonchev–Trinajstić information content (AvgIpc) is 2.72. The van der Waals surface area contributed by atoms with E-state index in [0.29, 0.717) is 12.0 Å². The zero-order chi connectivity index (χ0) is 14.7. The van der Waals surface area contributed by atoms with E-state index in [0.717, 1.165) is 29.1 Å². The lowest BCUT2D eigenvalue weighted by atomic mass is 10.0. The van der Waals surface area contributed by atoms with E-state index in [-0.39, 0.29) is 0 Å². The number of rotatable bonds is 6. The Hall–Kier alpha value is -1.71. The lowest BCUT2D eigenvalue weighted by molar-refractivity contribution is 0.415. The highest BCUT2D eigenvalue weighted by molar-refractivity contribution is 5.80. The van der Waals surface area contributed by atoms with Crippen LogP contribution in [0.3, 0.4) is 0 Å². The van der Waals surface area contributed by atoms with Crippen LogP contribution in [0.1, 0.15) is 46.1 Å². The lowest BCUT2D eigenvalue weighted by Crippen LogP contribution is -2.09. The summed E-state index contributed by atoms with van der Waals surface area (Å²) in [5.74, 6) is 2.16. The van der Waals surface area contributed by atoms with Crippen molar-refractivity contribution >= 4 is 17.0 Å². The van der Waals surface area contributed by atoms with Crippen molar-refractivity contribution < 1.29 is 4.74 Å². The molecule has 0 saturated carbocycles. The molecule has 1 aromatic heterocycles. The van der Waals surface area contributed by atoms with Gasteiger partial charge in [0.15, 0.2) is 0 Å². The zero-order valence-corrected chi connectivity index (χ0v) is 12.9. The van der Waals surface area contributed by atoms with Crippen molar-refractivity contribution in [3.63, 3.8) is 0 Å². The number of nitrogen functional groups attached to an aromatic ring is 1. The zero-order valence-electron chi connectivity index (χ0n) is 12.9. The fraction of sp³-hybridized carbons (Fsp3) is 0.562. The number of aromatic nitrogens is 2. The first-order chi connectivity index (χ1) is 9.52. The van der Waals surface area contributed by atoms with Gasteiger partial charge in [0.25, 0.3) is 0 Å². The number of hydrogen-bond acceptors (Lipinski definition) is 3. The number of ether oxygens (including phenoxy) is 1. The molecule has 1 unspecified atom stereocenters. The third-order valence-electron chi connectivity index (χ3n) is 3.77. The molecule has 20 heavy (non-hydrogen) atoms. The monoisotopic (exact) mass is 275 g/mol. The molecule has 0 aliphatic rings. The van der Waals surface area contributed by atoms with Gasteiger partial charge in [0.05, 0.1) is 18.1 Å². The number of nitrogens with two attached hydrogens (primary N) is 1. The predicted molar refractivity (Wildman–Crippen MR) is 84.1 cm³/mol. The van der Waals surface area contributed by atoms with Crippen molar-refractivity contribution in [1.29, 1.82) is 0 Å². The minimum Gasteiger partial charge on any atom is -0.497 e.